The maximum Gasteiger partial charge on any atom is 0.148 e. The van der Waals surface area contributed by atoms with Gasteiger partial charge in [-0.3, -0.25) is 0 Å². The maximum atomic E-state index is 13.5. The van der Waals surface area contributed by atoms with Crippen molar-refractivity contribution >= 4 is 27.5 Å². The molecular formula is C10H8BrClFN3. The van der Waals surface area contributed by atoms with Crippen LogP contribution in [0.5, 0.6) is 0 Å². The lowest BCUT2D eigenvalue weighted by molar-refractivity contribution is 0.606. The summed E-state index contributed by atoms with van der Waals surface area (Å²) < 4.78 is 15.7. The van der Waals surface area contributed by atoms with Gasteiger partial charge in [-0.05, 0) is 18.2 Å². The second-order valence-corrected chi connectivity index (χ2v) is 4.48. The number of hydrogen-bond acceptors (Lipinski definition) is 2. The molecule has 0 unspecified atom stereocenters. The Morgan fingerprint density at radius 2 is 2.25 bits per heavy atom. The molecule has 0 fully saturated rings. The molecule has 0 saturated heterocycles. The first-order chi connectivity index (χ1) is 7.70. The van der Waals surface area contributed by atoms with Gasteiger partial charge in [-0.25, -0.2) is 9.07 Å². The SMILES string of the molecule is Fc1ccc(Br)cc1-n1cc(CCCl)nn1. The fourth-order valence-electron chi connectivity index (χ4n) is 1.29. The largest absolute Gasteiger partial charge is 0.217 e. The van der Waals surface area contributed by atoms with E-state index in [0.717, 1.165) is 10.2 Å². The maximum absolute atomic E-state index is 13.5. The van der Waals surface area contributed by atoms with Crippen molar-refractivity contribution in [2.24, 2.45) is 0 Å². The number of rotatable bonds is 3. The number of halogens is 3. The first-order valence-electron chi connectivity index (χ1n) is 4.63. The molecule has 0 spiro atoms. The molecule has 6 heteroatoms. The zero-order valence-electron chi connectivity index (χ0n) is 8.20. The van der Waals surface area contributed by atoms with Crippen molar-refractivity contribution in [3.05, 3.63) is 40.4 Å². The molecule has 2 rings (SSSR count). The van der Waals surface area contributed by atoms with Gasteiger partial charge in [-0.15, -0.1) is 16.7 Å². The summed E-state index contributed by atoms with van der Waals surface area (Å²) in [6.07, 6.45) is 2.30. The highest BCUT2D eigenvalue weighted by molar-refractivity contribution is 9.10. The van der Waals surface area contributed by atoms with Crippen LogP contribution in [-0.4, -0.2) is 20.9 Å². The quantitative estimate of drug-likeness (QED) is 0.816. The molecule has 16 heavy (non-hydrogen) atoms. The highest BCUT2D eigenvalue weighted by Crippen LogP contribution is 2.18. The lowest BCUT2D eigenvalue weighted by atomic mass is 10.3. The van der Waals surface area contributed by atoms with Crippen molar-refractivity contribution in [2.45, 2.75) is 6.42 Å². The highest BCUT2D eigenvalue weighted by atomic mass is 79.9. The summed E-state index contributed by atoms with van der Waals surface area (Å²) >= 11 is 8.87. The average molecular weight is 305 g/mol. The van der Waals surface area contributed by atoms with Crippen LogP contribution in [0.1, 0.15) is 5.69 Å². The molecule has 0 atom stereocenters. The molecule has 1 heterocycles. The Bertz CT molecular complexity index is 501. The third-order valence-corrected chi connectivity index (χ3v) is 2.73. The van der Waals surface area contributed by atoms with Gasteiger partial charge in [-0.1, -0.05) is 21.1 Å². The second-order valence-electron chi connectivity index (χ2n) is 3.19. The lowest BCUT2D eigenvalue weighted by Gasteiger charge is -2.01. The summed E-state index contributed by atoms with van der Waals surface area (Å²) in [6.45, 7) is 0. The molecular weight excluding hydrogens is 296 g/mol. The zero-order valence-corrected chi connectivity index (χ0v) is 10.5. The molecule has 0 N–H and O–H groups in total. The average Bonchev–Trinajstić information content (AvgIpc) is 2.71. The second kappa shape index (κ2) is 4.93. The molecule has 2 aromatic rings. The van der Waals surface area contributed by atoms with Crippen LogP contribution in [0.4, 0.5) is 4.39 Å². The minimum Gasteiger partial charge on any atom is -0.217 e. The number of benzene rings is 1. The molecule has 1 aromatic heterocycles. The van der Waals surface area contributed by atoms with Crippen LogP contribution < -0.4 is 0 Å². The van der Waals surface area contributed by atoms with Crippen molar-refractivity contribution < 1.29 is 4.39 Å². The molecule has 0 saturated carbocycles. The molecule has 0 bridgehead atoms. The van der Waals surface area contributed by atoms with E-state index in [0.29, 0.717) is 18.0 Å². The number of aryl methyl sites for hydroxylation is 1. The Kier molecular flexibility index (Phi) is 3.56. The third-order valence-electron chi connectivity index (χ3n) is 2.05. The summed E-state index contributed by atoms with van der Waals surface area (Å²) in [5.74, 6) is 0.130. The summed E-state index contributed by atoms with van der Waals surface area (Å²) in [4.78, 5) is 0. The fraction of sp³-hybridized carbons (Fsp3) is 0.200. The first kappa shape index (κ1) is 11.5. The number of nitrogens with zero attached hydrogens (tertiary/aromatic N) is 3. The van der Waals surface area contributed by atoms with E-state index in [4.69, 9.17) is 11.6 Å². The predicted octanol–water partition coefficient (Wildman–Crippen LogP) is 2.95. The van der Waals surface area contributed by atoms with E-state index in [1.165, 1.54) is 10.7 Å². The Morgan fingerprint density at radius 1 is 1.44 bits per heavy atom. The van der Waals surface area contributed by atoms with Gasteiger partial charge in [0.1, 0.15) is 11.5 Å². The van der Waals surface area contributed by atoms with Gasteiger partial charge in [0.15, 0.2) is 0 Å². The van der Waals surface area contributed by atoms with Crippen LogP contribution in [0.3, 0.4) is 0 Å². The van der Waals surface area contributed by atoms with E-state index >= 15 is 0 Å². The van der Waals surface area contributed by atoms with Crippen LogP contribution in [0.2, 0.25) is 0 Å². The number of hydrogen-bond donors (Lipinski definition) is 0. The standard InChI is InChI=1S/C10H8BrClFN3/c11-7-1-2-9(13)10(5-7)16-6-8(3-4-12)14-15-16/h1-2,5-6H,3-4H2. The normalized spacial score (nSPS) is 10.7. The third kappa shape index (κ3) is 2.41. The molecule has 84 valence electrons. The molecule has 0 amide bonds. The predicted molar refractivity (Wildman–Crippen MR) is 63.4 cm³/mol. The van der Waals surface area contributed by atoms with Crippen LogP contribution in [0.15, 0.2) is 28.9 Å². The van der Waals surface area contributed by atoms with E-state index in [1.54, 1.807) is 18.3 Å². The molecule has 3 nitrogen and oxygen atoms in total. The van der Waals surface area contributed by atoms with E-state index < -0.39 is 0 Å². The van der Waals surface area contributed by atoms with Gasteiger partial charge >= 0.3 is 0 Å². The van der Waals surface area contributed by atoms with E-state index in [2.05, 4.69) is 26.2 Å². The number of aromatic nitrogens is 3. The summed E-state index contributed by atoms with van der Waals surface area (Å²) in [5, 5.41) is 7.75. The molecule has 0 aliphatic rings. The van der Waals surface area contributed by atoms with Gasteiger partial charge < -0.3 is 0 Å². The van der Waals surface area contributed by atoms with Crippen LogP contribution in [-0.2, 0) is 6.42 Å². The van der Waals surface area contributed by atoms with Crippen LogP contribution in [0, 0.1) is 5.82 Å². The van der Waals surface area contributed by atoms with E-state index in [9.17, 15) is 4.39 Å². The van der Waals surface area contributed by atoms with Gasteiger partial charge in [0.25, 0.3) is 0 Å². The zero-order chi connectivity index (χ0) is 11.5. The Hall–Kier alpha value is -0.940. The molecule has 0 aliphatic heterocycles. The summed E-state index contributed by atoms with van der Waals surface area (Å²) in [7, 11) is 0. The first-order valence-corrected chi connectivity index (χ1v) is 5.96. The summed E-state index contributed by atoms with van der Waals surface area (Å²) in [6, 6.07) is 4.66. The summed E-state index contributed by atoms with van der Waals surface area (Å²) in [5.41, 5.74) is 1.11. The van der Waals surface area contributed by atoms with Crippen molar-refractivity contribution in [3.8, 4) is 5.69 Å². The van der Waals surface area contributed by atoms with Crippen molar-refractivity contribution in [2.75, 3.05) is 5.88 Å². The van der Waals surface area contributed by atoms with E-state index in [-0.39, 0.29) is 5.82 Å². The van der Waals surface area contributed by atoms with Gasteiger partial charge in [0.2, 0.25) is 0 Å². The Morgan fingerprint density at radius 3 is 3.00 bits per heavy atom. The molecule has 1 aromatic carbocycles. The van der Waals surface area contributed by atoms with Crippen molar-refractivity contribution in [1.82, 2.24) is 15.0 Å². The van der Waals surface area contributed by atoms with Gasteiger partial charge in [0.05, 0.1) is 11.9 Å². The minimum atomic E-state index is -0.342. The molecule has 0 aliphatic carbocycles. The molecule has 0 radical (unpaired) electrons. The van der Waals surface area contributed by atoms with E-state index in [1.807, 2.05) is 0 Å². The topological polar surface area (TPSA) is 30.7 Å². The smallest absolute Gasteiger partial charge is 0.148 e. The van der Waals surface area contributed by atoms with Crippen molar-refractivity contribution in [3.63, 3.8) is 0 Å². The van der Waals surface area contributed by atoms with Gasteiger partial charge in [0, 0.05) is 16.8 Å². The van der Waals surface area contributed by atoms with Gasteiger partial charge in [-0.2, -0.15) is 0 Å². The van der Waals surface area contributed by atoms with Crippen LogP contribution in [0.25, 0.3) is 5.69 Å². The number of alkyl halides is 1. The Balaban J connectivity index is 2.38. The minimum absolute atomic E-state index is 0.342. The fourth-order valence-corrected chi connectivity index (χ4v) is 1.83. The monoisotopic (exact) mass is 303 g/mol. The Labute approximate surface area is 105 Å². The van der Waals surface area contributed by atoms with Crippen LogP contribution >= 0.6 is 27.5 Å². The highest BCUT2D eigenvalue weighted by Gasteiger charge is 2.07. The van der Waals surface area contributed by atoms with Crippen molar-refractivity contribution in [1.29, 1.82) is 0 Å². The lowest BCUT2D eigenvalue weighted by Crippen LogP contribution is -1.98.